The van der Waals surface area contributed by atoms with Gasteiger partial charge in [-0.1, -0.05) is 12.1 Å². The number of halogens is 1. The first-order valence-electron chi connectivity index (χ1n) is 3.37. The molecule has 0 aliphatic rings. The molecule has 0 unspecified atom stereocenters. The van der Waals surface area contributed by atoms with Gasteiger partial charge in [0, 0.05) is 4.90 Å². The third-order valence-corrected chi connectivity index (χ3v) is 3.07. The Morgan fingerprint density at radius 3 is 2.07 bits per heavy atom. The van der Waals surface area contributed by atoms with Crippen LogP contribution in [-0.2, 0) is 10.0 Å². The van der Waals surface area contributed by atoms with Crippen molar-refractivity contribution in [2.24, 2.45) is 0 Å². The fraction of sp³-hybridized carbons (Fsp3) is 0. The number of hydrogen-bond acceptors (Lipinski definition) is 4. The average Bonchev–Trinajstić information content (AvgIpc) is 2.18. The fourth-order valence-electron chi connectivity index (χ4n) is 0.803. The van der Waals surface area contributed by atoms with E-state index in [9.17, 15) is 18.3 Å². The van der Waals surface area contributed by atoms with E-state index in [1.54, 1.807) is 0 Å². The molecular weight excluding hydrogens is 269 g/mol. The molecule has 0 fully saturated rings. The van der Waals surface area contributed by atoms with E-state index >= 15 is 0 Å². The average molecular weight is 273 g/mol. The largest absolute Gasteiger partial charge is 1.00 e. The summed E-state index contributed by atoms with van der Waals surface area (Å²) in [5.74, 6) is -1.38. The quantitative estimate of drug-likeness (QED) is 0.559. The van der Waals surface area contributed by atoms with Crippen LogP contribution in [-0.4, -0.2) is 14.4 Å². The smallest absolute Gasteiger partial charge is 0.545 e. The zero-order chi connectivity index (χ0) is 10.8. The van der Waals surface area contributed by atoms with Crippen LogP contribution in [0.3, 0.4) is 0 Å². The molecule has 0 N–H and O–H groups in total. The molecule has 0 saturated carbocycles. The normalized spacial score (nSPS) is 10.5. The van der Waals surface area contributed by atoms with Crippen LogP contribution in [0.4, 0.5) is 0 Å². The molecule has 0 bridgehead atoms. The van der Waals surface area contributed by atoms with Gasteiger partial charge in [0.2, 0.25) is 0 Å². The van der Waals surface area contributed by atoms with Gasteiger partial charge in [0.1, 0.15) is 10.0 Å². The number of carbonyl (C=O) groups is 1. The number of carboxylic acid groups (broad SMARTS) is 1. The topological polar surface area (TPSA) is 88.4 Å². The van der Waals surface area contributed by atoms with Crippen LogP contribution in [0.1, 0.15) is 10.4 Å². The Balaban J connectivity index is 0.00000196. The Morgan fingerprint density at radius 1 is 1.27 bits per heavy atom. The van der Waals surface area contributed by atoms with Crippen LogP contribution >= 0.6 is 11.8 Å². The van der Waals surface area contributed by atoms with Crippen molar-refractivity contribution in [2.45, 2.75) is 4.90 Å². The summed E-state index contributed by atoms with van der Waals surface area (Å²) >= 11 is 4.84. The van der Waals surface area contributed by atoms with Crippen LogP contribution in [0.5, 0.6) is 0 Å². The molecule has 0 aromatic heterocycles. The maximum Gasteiger partial charge on any atom is 1.00 e. The molecule has 0 radical (unpaired) electrons. The van der Waals surface area contributed by atoms with Crippen LogP contribution in [0.15, 0.2) is 29.2 Å². The van der Waals surface area contributed by atoms with E-state index in [1.807, 2.05) is 0 Å². The Bertz CT molecular complexity index is 445. The van der Waals surface area contributed by atoms with Crippen molar-refractivity contribution in [2.75, 3.05) is 0 Å². The minimum Gasteiger partial charge on any atom is -0.545 e. The number of carboxylic acids is 1. The molecule has 1 aromatic carbocycles. The summed E-state index contributed by atoms with van der Waals surface area (Å²) in [4.78, 5) is 10.2. The fourth-order valence-corrected chi connectivity index (χ4v) is 1.60. The number of benzene rings is 1. The van der Waals surface area contributed by atoms with E-state index < -0.39 is 16.0 Å². The summed E-state index contributed by atoms with van der Waals surface area (Å²) in [7, 11) is -3.86. The molecule has 1 aromatic rings. The van der Waals surface area contributed by atoms with Gasteiger partial charge in [-0.3, -0.25) is 11.8 Å². The third-order valence-electron chi connectivity index (χ3n) is 1.48. The van der Waals surface area contributed by atoms with Crippen molar-refractivity contribution in [3.8, 4) is 0 Å². The maximum atomic E-state index is 11.0. The van der Waals surface area contributed by atoms with Crippen molar-refractivity contribution < 1.29 is 69.7 Å². The van der Waals surface area contributed by atoms with Crippen LogP contribution in [0.25, 0.3) is 4.24 Å². The minimum absolute atomic E-state index is 0. The molecule has 0 atom stereocenters. The second-order valence-electron chi connectivity index (χ2n) is 2.36. The predicted molar refractivity (Wildman–Crippen MR) is 47.2 cm³/mol. The maximum absolute atomic E-state index is 11.0. The summed E-state index contributed by atoms with van der Waals surface area (Å²) in [6, 6.07) is 4.38. The van der Waals surface area contributed by atoms with Gasteiger partial charge in [-0.25, -0.2) is 8.42 Å². The number of rotatable bonds is 3. The van der Waals surface area contributed by atoms with Crippen LogP contribution in [0, 0.1) is 0 Å². The molecule has 0 aliphatic carbocycles. The number of carbonyl (C=O) groups excluding carboxylic acids is 1. The number of aromatic carboxylic acids is 1. The van der Waals surface area contributed by atoms with Gasteiger partial charge in [0.25, 0.3) is 0 Å². The Hall–Kier alpha value is 0.526. The first-order valence-corrected chi connectivity index (χ1v) is 5.15. The second kappa shape index (κ2) is 6.31. The molecule has 0 amide bonds. The van der Waals surface area contributed by atoms with Gasteiger partial charge >= 0.3 is 51.4 Å². The third kappa shape index (κ3) is 4.12. The Labute approximate surface area is 134 Å². The first-order chi connectivity index (χ1) is 6.47. The molecule has 15 heavy (non-hydrogen) atoms. The van der Waals surface area contributed by atoms with Crippen molar-refractivity contribution in [1.82, 2.24) is 0 Å². The Kier molecular flexibility index (Phi) is 6.53. The molecule has 0 heterocycles. The molecule has 0 saturated heterocycles. The van der Waals surface area contributed by atoms with E-state index in [-0.39, 0.29) is 61.8 Å². The van der Waals surface area contributed by atoms with Crippen LogP contribution < -0.4 is 56.5 Å². The number of nitrogens with zero attached hydrogens (tertiary/aromatic N) is 1. The summed E-state index contributed by atoms with van der Waals surface area (Å²) in [6.45, 7) is 0. The van der Waals surface area contributed by atoms with Crippen molar-refractivity contribution in [3.05, 3.63) is 34.1 Å². The van der Waals surface area contributed by atoms with Gasteiger partial charge in [0.05, 0.1) is 5.97 Å². The molecule has 5 nitrogen and oxygen atoms in total. The van der Waals surface area contributed by atoms with Gasteiger partial charge in [-0.15, -0.1) is 0 Å². The minimum atomic E-state index is -3.86. The molecule has 8 heteroatoms. The molecule has 76 valence electrons. The van der Waals surface area contributed by atoms with Crippen molar-refractivity contribution in [1.29, 1.82) is 0 Å². The van der Waals surface area contributed by atoms with E-state index in [0.717, 1.165) is 24.3 Å². The predicted octanol–water partition coefficient (Wildman–Crippen LogP) is -2.73. The number of hydrogen-bond donors (Lipinski definition) is 0. The van der Waals surface area contributed by atoms with E-state index in [2.05, 4.69) is 4.24 Å². The number of sulfonamides is 1. The summed E-state index contributed by atoms with van der Waals surface area (Å²) in [6.07, 6.45) is 0. The summed E-state index contributed by atoms with van der Waals surface area (Å²) < 4.78 is 24.7. The standard InChI is InChI=1S/C7H5ClNO4S.K/c8-9-14(12,13)6-3-1-5(2-4-6)7(10)11;/h1-4H,(H,10,11);/q-1;+1/p-1. The van der Waals surface area contributed by atoms with Crippen molar-refractivity contribution >= 4 is 27.8 Å². The van der Waals surface area contributed by atoms with Gasteiger partial charge in [0.15, 0.2) is 0 Å². The van der Waals surface area contributed by atoms with Crippen LogP contribution in [0.2, 0.25) is 0 Å². The SMILES string of the molecule is O=C([O-])c1ccc(S(=O)(=O)[N-]Cl)cc1.[K+]. The van der Waals surface area contributed by atoms with E-state index in [1.165, 1.54) is 0 Å². The molecule has 0 aliphatic heterocycles. The summed E-state index contributed by atoms with van der Waals surface area (Å²) in [5.41, 5.74) is -0.112. The van der Waals surface area contributed by atoms with Gasteiger partial charge < -0.3 is 14.1 Å². The van der Waals surface area contributed by atoms with E-state index in [0.29, 0.717) is 0 Å². The monoisotopic (exact) mass is 272 g/mol. The molecule has 0 spiro atoms. The van der Waals surface area contributed by atoms with Gasteiger partial charge in [-0.05, 0) is 17.7 Å². The van der Waals surface area contributed by atoms with Crippen molar-refractivity contribution in [3.63, 3.8) is 0 Å². The second-order valence-corrected chi connectivity index (χ2v) is 4.33. The first kappa shape index (κ1) is 15.5. The molecule has 1 rings (SSSR count). The van der Waals surface area contributed by atoms with E-state index in [4.69, 9.17) is 11.8 Å². The zero-order valence-corrected chi connectivity index (χ0v) is 12.4. The summed E-state index contributed by atoms with van der Waals surface area (Å²) in [5, 5.41) is 10.3. The Morgan fingerprint density at radius 2 is 1.73 bits per heavy atom. The van der Waals surface area contributed by atoms with Gasteiger partial charge in [-0.2, -0.15) is 0 Å². The molecular formula is C7H4ClKNO4S-. The zero-order valence-electron chi connectivity index (χ0n) is 7.68.